The Balaban J connectivity index is 1.39. The van der Waals surface area contributed by atoms with Crippen LogP contribution in [0.3, 0.4) is 0 Å². The van der Waals surface area contributed by atoms with Crippen LogP contribution in [0.2, 0.25) is 0 Å². The highest BCUT2D eigenvalue weighted by Gasteiger charge is 2.27. The number of nitrogens with zero attached hydrogens (tertiary/aromatic N) is 3. The number of thiophene rings is 1. The topological polar surface area (TPSA) is 63.3 Å². The van der Waals surface area contributed by atoms with Crippen molar-refractivity contribution in [1.29, 1.82) is 0 Å². The van der Waals surface area contributed by atoms with Crippen LogP contribution in [-0.2, 0) is 7.05 Å². The van der Waals surface area contributed by atoms with Crippen molar-refractivity contribution in [3.05, 3.63) is 64.5 Å². The minimum Gasteiger partial charge on any atom is -0.465 e. The second kappa shape index (κ2) is 7.94. The van der Waals surface area contributed by atoms with Gasteiger partial charge in [-0.25, -0.2) is 0 Å². The monoisotopic (exact) mass is 382 g/mol. The summed E-state index contributed by atoms with van der Waals surface area (Å²) in [5.74, 6) is 0.790. The number of carbonyl (C=O) groups excluding carboxylic acids is 1. The number of hydrogen-bond acceptors (Lipinski definition) is 5. The second-order valence-corrected chi connectivity index (χ2v) is 7.74. The third kappa shape index (κ3) is 4.20. The number of likely N-dealkylation sites (tertiary alicyclic amines) is 1. The van der Waals surface area contributed by atoms with Gasteiger partial charge in [-0.2, -0.15) is 5.10 Å². The predicted molar refractivity (Wildman–Crippen MR) is 107 cm³/mol. The fourth-order valence-corrected chi connectivity index (χ4v) is 4.46. The third-order valence-corrected chi connectivity index (χ3v) is 5.86. The lowest BCUT2D eigenvalue weighted by molar-refractivity contribution is 0.103. The number of rotatable bonds is 6. The van der Waals surface area contributed by atoms with Crippen molar-refractivity contribution in [1.82, 2.24) is 14.7 Å². The molecular formula is C20H22N4O2S. The summed E-state index contributed by atoms with van der Waals surface area (Å²) < 4.78 is 7.00. The third-order valence-electron chi connectivity index (χ3n) is 4.67. The standard InChI is InChI=1S/C20H22N4O2S/c1-23-14-15(13-21-23)22-20(25)19-9-8-18(27-19)17-7-3-11-24(17)10-2-5-16-6-4-12-26-16/h2,4-6,8-9,12-14,17H,3,7,10-11H2,1H3,(H,22,25)/b5-2+/t17-/m0/s1. The molecule has 0 aromatic carbocycles. The maximum absolute atomic E-state index is 12.5. The van der Waals surface area contributed by atoms with Gasteiger partial charge in [0.25, 0.3) is 5.91 Å². The lowest BCUT2D eigenvalue weighted by atomic mass is 10.2. The van der Waals surface area contributed by atoms with E-state index >= 15 is 0 Å². The van der Waals surface area contributed by atoms with Crippen LogP contribution in [-0.4, -0.2) is 33.7 Å². The van der Waals surface area contributed by atoms with Crippen LogP contribution in [0.4, 0.5) is 5.69 Å². The second-order valence-electron chi connectivity index (χ2n) is 6.63. The van der Waals surface area contributed by atoms with Gasteiger partial charge in [-0.15, -0.1) is 11.3 Å². The minimum atomic E-state index is -0.0819. The Labute approximate surface area is 162 Å². The molecule has 140 valence electrons. The molecule has 1 aliphatic heterocycles. The van der Waals surface area contributed by atoms with Crippen molar-refractivity contribution < 1.29 is 9.21 Å². The number of aromatic nitrogens is 2. The summed E-state index contributed by atoms with van der Waals surface area (Å²) in [6.45, 7) is 1.95. The molecule has 1 amide bonds. The molecule has 7 heteroatoms. The quantitative estimate of drug-likeness (QED) is 0.695. The maximum Gasteiger partial charge on any atom is 0.265 e. The summed E-state index contributed by atoms with van der Waals surface area (Å²) in [5.41, 5.74) is 0.711. The first-order valence-electron chi connectivity index (χ1n) is 9.03. The largest absolute Gasteiger partial charge is 0.465 e. The molecule has 4 rings (SSSR count). The lowest BCUT2D eigenvalue weighted by Crippen LogP contribution is -2.22. The predicted octanol–water partition coefficient (Wildman–Crippen LogP) is 4.18. The zero-order valence-electron chi connectivity index (χ0n) is 15.2. The first-order chi connectivity index (χ1) is 13.2. The van der Waals surface area contributed by atoms with Crippen molar-refractivity contribution in [3.63, 3.8) is 0 Å². The highest BCUT2D eigenvalue weighted by Crippen LogP contribution is 2.36. The number of aryl methyl sites for hydroxylation is 1. The molecule has 0 saturated carbocycles. The molecular weight excluding hydrogens is 360 g/mol. The fourth-order valence-electron chi connectivity index (χ4n) is 3.39. The average Bonchev–Trinajstić information content (AvgIpc) is 3.43. The molecule has 4 heterocycles. The molecule has 3 aromatic rings. The number of nitrogens with one attached hydrogen (secondary N) is 1. The van der Waals surface area contributed by atoms with Gasteiger partial charge in [-0.1, -0.05) is 6.08 Å². The molecule has 0 spiro atoms. The zero-order chi connectivity index (χ0) is 18.6. The Kier molecular flexibility index (Phi) is 5.22. The van der Waals surface area contributed by atoms with Crippen LogP contribution in [0.15, 0.2) is 53.4 Å². The summed E-state index contributed by atoms with van der Waals surface area (Å²) in [5, 5.41) is 6.97. The molecule has 1 aliphatic rings. The van der Waals surface area contributed by atoms with Crippen molar-refractivity contribution in [2.75, 3.05) is 18.4 Å². The Morgan fingerprint density at radius 2 is 2.37 bits per heavy atom. The summed E-state index contributed by atoms with van der Waals surface area (Å²) >= 11 is 1.58. The summed E-state index contributed by atoms with van der Waals surface area (Å²) in [6.07, 6.45) is 11.6. The van der Waals surface area contributed by atoms with E-state index in [2.05, 4.69) is 27.5 Å². The molecule has 0 radical (unpaired) electrons. The van der Waals surface area contributed by atoms with Crippen LogP contribution < -0.4 is 5.32 Å². The Morgan fingerprint density at radius 3 is 3.15 bits per heavy atom. The normalized spacial score (nSPS) is 17.7. The number of furan rings is 1. The van der Waals surface area contributed by atoms with Crippen LogP contribution in [0, 0.1) is 0 Å². The molecule has 0 aliphatic carbocycles. The Hall–Kier alpha value is -2.64. The smallest absolute Gasteiger partial charge is 0.265 e. The summed E-state index contributed by atoms with van der Waals surface area (Å²) in [4.78, 5) is 16.9. The van der Waals surface area contributed by atoms with Gasteiger partial charge in [-0.3, -0.25) is 14.4 Å². The first kappa shape index (κ1) is 17.8. The van der Waals surface area contributed by atoms with Gasteiger partial charge in [0, 0.05) is 30.7 Å². The van der Waals surface area contributed by atoms with E-state index in [4.69, 9.17) is 4.42 Å². The number of amides is 1. The van der Waals surface area contributed by atoms with Crippen LogP contribution in [0.1, 0.15) is 39.2 Å². The van der Waals surface area contributed by atoms with E-state index < -0.39 is 0 Å². The zero-order valence-corrected chi connectivity index (χ0v) is 16.0. The SMILES string of the molecule is Cn1cc(NC(=O)c2ccc([C@@H]3CCCN3C/C=C/c3ccco3)s2)cn1. The molecule has 1 atom stereocenters. The lowest BCUT2D eigenvalue weighted by Gasteiger charge is -2.21. The Bertz CT molecular complexity index is 926. The van der Waals surface area contributed by atoms with Crippen LogP contribution in [0.5, 0.6) is 0 Å². The number of carbonyl (C=O) groups is 1. The highest BCUT2D eigenvalue weighted by molar-refractivity contribution is 7.14. The van der Waals surface area contributed by atoms with Gasteiger partial charge in [-0.05, 0) is 49.7 Å². The van der Waals surface area contributed by atoms with E-state index in [9.17, 15) is 4.79 Å². The van der Waals surface area contributed by atoms with Crippen molar-refractivity contribution >= 4 is 29.0 Å². The Morgan fingerprint density at radius 1 is 1.44 bits per heavy atom. The number of anilines is 1. The van der Waals surface area contributed by atoms with E-state index in [1.54, 1.807) is 34.7 Å². The van der Waals surface area contributed by atoms with Crippen LogP contribution >= 0.6 is 11.3 Å². The van der Waals surface area contributed by atoms with E-state index in [1.807, 2.05) is 31.3 Å². The van der Waals surface area contributed by atoms with Crippen molar-refractivity contribution in [2.45, 2.75) is 18.9 Å². The molecule has 3 aromatic heterocycles. The van der Waals surface area contributed by atoms with Gasteiger partial charge < -0.3 is 9.73 Å². The molecule has 0 unspecified atom stereocenters. The summed E-state index contributed by atoms with van der Waals surface area (Å²) in [7, 11) is 1.83. The van der Waals surface area contributed by atoms with Gasteiger partial charge >= 0.3 is 0 Å². The van der Waals surface area contributed by atoms with Crippen molar-refractivity contribution in [3.8, 4) is 0 Å². The molecule has 1 N–H and O–H groups in total. The molecule has 6 nitrogen and oxygen atoms in total. The van der Waals surface area contributed by atoms with Gasteiger partial charge in [0.05, 0.1) is 23.0 Å². The molecule has 1 saturated heterocycles. The van der Waals surface area contributed by atoms with E-state index in [0.717, 1.165) is 30.1 Å². The summed E-state index contributed by atoms with van der Waals surface area (Å²) in [6, 6.07) is 8.21. The van der Waals surface area contributed by atoms with Crippen molar-refractivity contribution in [2.24, 2.45) is 7.05 Å². The van der Waals surface area contributed by atoms with Crippen LogP contribution in [0.25, 0.3) is 6.08 Å². The number of hydrogen-bond donors (Lipinski definition) is 1. The van der Waals surface area contributed by atoms with Gasteiger partial charge in [0.15, 0.2) is 0 Å². The van der Waals surface area contributed by atoms with E-state index in [1.165, 1.54) is 11.3 Å². The average molecular weight is 382 g/mol. The highest BCUT2D eigenvalue weighted by atomic mass is 32.1. The molecule has 0 bridgehead atoms. The van der Waals surface area contributed by atoms with Gasteiger partial charge in [0.2, 0.25) is 0 Å². The molecule has 1 fully saturated rings. The van der Waals surface area contributed by atoms with Gasteiger partial charge in [0.1, 0.15) is 5.76 Å². The maximum atomic E-state index is 12.5. The first-order valence-corrected chi connectivity index (χ1v) is 9.84. The fraction of sp³-hybridized carbons (Fsp3) is 0.300. The van der Waals surface area contributed by atoms with E-state index in [0.29, 0.717) is 11.7 Å². The minimum absolute atomic E-state index is 0.0819. The molecule has 27 heavy (non-hydrogen) atoms. The van der Waals surface area contributed by atoms with E-state index in [-0.39, 0.29) is 5.91 Å².